The Morgan fingerprint density at radius 1 is 1.00 bits per heavy atom. The predicted molar refractivity (Wildman–Crippen MR) is 85.2 cm³/mol. The molecule has 2 aromatic carbocycles. The summed E-state index contributed by atoms with van der Waals surface area (Å²) in [6, 6.07) is 19.6. The van der Waals surface area contributed by atoms with Crippen molar-refractivity contribution >= 4 is 15.9 Å². The van der Waals surface area contributed by atoms with Gasteiger partial charge in [-0.05, 0) is 30.0 Å². The molecule has 1 N–H and O–H groups in total. The van der Waals surface area contributed by atoms with Crippen molar-refractivity contribution in [3.8, 4) is 0 Å². The lowest BCUT2D eigenvalue weighted by Crippen LogP contribution is -2.30. The van der Waals surface area contributed by atoms with Crippen LogP contribution in [0.5, 0.6) is 0 Å². The normalized spacial score (nSPS) is 12.3. The Morgan fingerprint density at radius 2 is 1.68 bits per heavy atom. The van der Waals surface area contributed by atoms with Gasteiger partial charge in [-0.15, -0.1) is 0 Å². The average molecular weight is 318 g/mol. The van der Waals surface area contributed by atoms with Crippen molar-refractivity contribution in [2.24, 2.45) is 0 Å². The standard InChI is InChI=1S/C17H20BrN/c1-2-16(12-14-8-4-3-5-9-14)19-13-15-10-6-7-11-17(15)18/h3-11,16,19H,2,12-13H2,1H3. The topological polar surface area (TPSA) is 12.0 Å². The minimum Gasteiger partial charge on any atom is -0.310 e. The molecule has 2 rings (SSSR count). The van der Waals surface area contributed by atoms with E-state index in [1.54, 1.807) is 0 Å². The molecule has 0 saturated heterocycles. The molecule has 1 atom stereocenters. The van der Waals surface area contributed by atoms with Crippen LogP contribution >= 0.6 is 15.9 Å². The molecule has 0 aliphatic carbocycles. The van der Waals surface area contributed by atoms with E-state index >= 15 is 0 Å². The highest BCUT2D eigenvalue weighted by Gasteiger charge is 2.07. The van der Waals surface area contributed by atoms with Crippen LogP contribution in [0, 0.1) is 0 Å². The van der Waals surface area contributed by atoms with Crippen LogP contribution in [-0.4, -0.2) is 6.04 Å². The van der Waals surface area contributed by atoms with Gasteiger partial charge in [-0.2, -0.15) is 0 Å². The second-order valence-corrected chi connectivity index (χ2v) is 5.62. The molecule has 2 aromatic rings. The molecule has 0 saturated carbocycles. The molecule has 0 spiro atoms. The molecular formula is C17H20BrN. The highest BCUT2D eigenvalue weighted by molar-refractivity contribution is 9.10. The Hall–Kier alpha value is -1.12. The van der Waals surface area contributed by atoms with Gasteiger partial charge in [0.1, 0.15) is 0 Å². The molecule has 0 aliphatic rings. The van der Waals surface area contributed by atoms with Crippen molar-refractivity contribution in [1.29, 1.82) is 0 Å². The lowest BCUT2D eigenvalue weighted by molar-refractivity contribution is 0.494. The maximum atomic E-state index is 3.65. The van der Waals surface area contributed by atoms with E-state index in [-0.39, 0.29) is 0 Å². The summed E-state index contributed by atoms with van der Waals surface area (Å²) in [5, 5.41) is 3.65. The molecule has 0 aromatic heterocycles. The van der Waals surface area contributed by atoms with E-state index in [0.29, 0.717) is 6.04 Å². The summed E-state index contributed by atoms with van der Waals surface area (Å²) in [7, 11) is 0. The Morgan fingerprint density at radius 3 is 2.37 bits per heavy atom. The van der Waals surface area contributed by atoms with Crippen molar-refractivity contribution < 1.29 is 0 Å². The van der Waals surface area contributed by atoms with Gasteiger partial charge in [-0.3, -0.25) is 0 Å². The molecule has 0 radical (unpaired) electrons. The summed E-state index contributed by atoms with van der Waals surface area (Å²) in [5.41, 5.74) is 2.71. The van der Waals surface area contributed by atoms with E-state index in [4.69, 9.17) is 0 Å². The maximum absolute atomic E-state index is 3.65. The molecule has 0 fully saturated rings. The first-order valence-electron chi connectivity index (χ1n) is 6.80. The Kier molecular flexibility index (Phi) is 5.62. The summed E-state index contributed by atoms with van der Waals surface area (Å²) < 4.78 is 1.18. The molecule has 0 amide bonds. The van der Waals surface area contributed by atoms with E-state index in [1.807, 2.05) is 0 Å². The van der Waals surface area contributed by atoms with Gasteiger partial charge >= 0.3 is 0 Å². The fourth-order valence-electron chi connectivity index (χ4n) is 2.16. The average Bonchev–Trinajstić information content (AvgIpc) is 2.46. The largest absolute Gasteiger partial charge is 0.310 e. The third-order valence-corrected chi connectivity index (χ3v) is 4.13. The fraction of sp³-hybridized carbons (Fsp3) is 0.294. The second kappa shape index (κ2) is 7.46. The summed E-state index contributed by atoms with van der Waals surface area (Å²) in [5.74, 6) is 0. The van der Waals surface area contributed by atoms with Crippen molar-refractivity contribution in [3.05, 3.63) is 70.2 Å². The summed E-state index contributed by atoms with van der Waals surface area (Å²) in [6.07, 6.45) is 2.22. The number of rotatable bonds is 6. The third-order valence-electron chi connectivity index (χ3n) is 3.36. The number of halogens is 1. The van der Waals surface area contributed by atoms with Gasteiger partial charge in [0.05, 0.1) is 0 Å². The highest BCUT2D eigenvalue weighted by Crippen LogP contribution is 2.16. The summed E-state index contributed by atoms with van der Waals surface area (Å²) in [4.78, 5) is 0. The van der Waals surface area contributed by atoms with Crippen LogP contribution < -0.4 is 5.32 Å². The van der Waals surface area contributed by atoms with Crippen LogP contribution in [-0.2, 0) is 13.0 Å². The quantitative estimate of drug-likeness (QED) is 0.823. The minimum atomic E-state index is 0.523. The molecule has 0 bridgehead atoms. The molecule has 19 heavy (non-hydrogen) atoms. The lowest BCUT2D eigenvalue weighted by atomic mass is 10.0. The van der Waals surface area contributed by atoms with E-state index in [2.05, 4.69) is 82.8 Å². The van der Waals surface area contributed by atoms with Crippen LogP contribution in [0.25, 0.3) is 0 Å². The second-order valence-electron chi connectivity index (χ2n) is 4.77. The number of hydrogen-bond donors (Lipinski definition) is 1. The predicted octanol–water partition coefficient (Wildman–Crippen LogP) is 4.56. The minimum absolute atomic E-state index is 0.523. The SMILES string of the molecule is CCC(Cc1ccccc1)NCc1ccccc1Br. The molecule has 0 heterocycles. The van der Waals surface area contributed by atoms with Gasteiger partial charge < -0.3 is 5.32 Å². The van der Waals surface area contributed by atoms with Gasteiger partial charge in [0.25, 0.3) is 0 Å². The monoisotopic (exact) mass is 317 g/mol. The van der Waals surface area contributed by atoms with Crippen molar-refractivity contribution in [3.63, 3.8) is 0 Å². The zero-order chi connectivity index (χ0) is 13.5. The third kappa shape index (κ3) is 4.48. The van der Waals surface area contributed by atoms with Gasteiger partial charge in [0.15, 0.2) is 0 Å². The first-order chi connectivity index (χ1) is 9.29. The lowest BCUT2D eigenvalue weighted by Gasteiger charge is -2.17. The summed E-state index contributed by atoms with van der Waals surface area (Å²) >= 11 is 3.60. The number of nitrogens with one attached hydrogen (secondary N) is 1. The van der Waals surface area contributed by atoms with Crippen LogP contribution in [0.2, 0.25) is 0 Å². The van der Waals surface area contributed by atoms with Crippen molar-refractivity contribution in [2.75, 3.05) is 0 Å². The maximum Gasteiger partial charge on any atom is 0.0220 e. The van der Waals surface area contributed by atoms with E-state index in [0.717, 1.165) is 19.4 Å². The van der Waals surface area contributed by atoms with Gasteiger partial charge in [0, 0.05) is 17.1 Å². The fourth-order valence-corrected chi connectivity index (χ4v) is 2.58. The zero-order valence-electron chi connectivity index (χ0n) is 11.3. The van der Waals surface area contributed by atoms with E-state index in [9.17, 15) is 0 Å². The molecular weight excluding hydrogens is 298 g/mol. The number of benzene rings is 2. The van der Waals surface area contributed by atoms with Crippen molar-refractivity contribution in [2.45, 2.75) is 32.4 Å². The molecule has 1 nitrogen and oxygen atoms in total. The van der Waals surface area contributed by atoms with Gasteiger partial charge in [0.2, 0.25) is 0 Å². The van der Waals surface area contributed by atoms with Crippen LogP contribution in [0.15, 0.2) is 59.1 Å². The zero-order valence-corrected chi connectivity index (χ0v) is 12.9. The van der Waals surface area contributed by atoms with Gasteiger partial charge in [-0.25, -0.2) is 0 Å². The molecule has 1 unspecified atom stereocenters. The Balaban J connectivity index is 1.91. The van der Waals surface area contributed by atoms with Crippen molar-refractivity contribution in [1.82, 2.24) is 5.32 Å². The number of hydrogen-bond acceptors (Lipinski definition) is 1. The van der Waals surface area contributed by atoms with Gasteiger partial charge in [-0.1, -0.05) is 71.4 Å². The Labute approximate surface area is 124 Å². The van der Waals surface area contributed by atoms with Crippen LogP contribution in [0.1, 0.15) is 24.5 Å². The Bertz CT molecular complexity index is 496. The summed E-state index contributed by atoms with van der Waals surface area (Å²) in [6.45, 7) is 3.15. The van der Waals surface area contributed by atoms with Crippen LogP contribution in [0.3, 0.4) is 0 Å². The van der Waals surface area contributed by atoms with Crippen LogP contribution in [0.4, 0.5) is 0 Å². The molecule has 100 valence electrons. The van der Waals surface area contributed by atoms with E-state index < -0.39 is 0 Å². The first-order valence-corrected chi connectivity index (χ1v) is 7.59. The smallest absolute Gasteiger partial charge is 0.0220 e. The molecule has 0 aliphatic heterocycles. The molecule has 2 heteroatoms. The highest BCUT2D eigenvalue weighted by atomic mass is 79.9. The van der Waals surface area contributed by atoms with E-state index in [1.165, 1.54) is 15.6 Å². The first kappa shape index (κ1) is 14.3.